The average molecular weight is 399 g/mol. The van der Waals surface area contributed by atoms with E-state index in [9.17, 15) is 8.76 Å². The van der Waals surface area contributed by atoms with Gasteiger partial charge in [0.05, 0.1) is 5.69 Å². The van der Waals surface area contributed by atoms with Crippen LogP contribution in [0.1, 0.15) is 12.1 Å². The maximum Gasteiger partial charge on any atom is 0.231 e. The van der Waals surface area contributed by atoms with E-state index in [0.717, 1.165) is 34.0 Å². The molecule has 1 N–H and O–H groups in total. The molecule has 3 aromatic rings. The molecule has 1 aliphatic rings. The maximum absolute atomic E-state index is 10.6. The number of nitrogens with zero attached hydrogens (tertiary/aromatic N) is 3. The first-order valence-electron chi connectivity index (χ1n) is 8.84. The van der Waals surface area contributed by atoms with Gasteiger partial charge in [-0.2, -0.15) is 5.10 Å². The minimum absolute atomic E-state index is 0.221. The second kappa shape index (κ2) is 8.09. The van der Waals surface area contributed by atoms with Crippen LogP contribution in [0.4, 0.5) is 0 Å². The molecule has 0 fully saturated rings. The number of rotatable bonds is 7. The normalized spacial score (nSPS) is 13.6. The fourth-order valence-corrected chi connectivity index (χ4v) is 3.38. The van der Waals surface area contributed by atoms with Gasteiger partial charge in [0.1, 0.15) is 5.69 Å². The molecule has 9 heteroatoms. The van der Waals surface area contributed by atoms with Crippen LogP contribution in [0.5, 0.6) is 11.5 Å². The van der Waals surface area contributed by atoms with Gasteiger partial charge in [-0.1, -0.05) is 12.1 Å². The number of ether oxygens (including phenoxy) is 2. The Hall–Kier alpha value is -2.75. The number of pyridine rings is 1. The molecule has 0 aliphatic carbocycles. The van der Waals surface area contributed by atoms with E-state index in [1.54, 1.807) is 0 Å². The molecule has 0 saturated carbocycles. The molecule has 1 aromatic carbocycles. The van der Waals surface area contributed by atoms with Gasteiger partial charge in [0.15, 0.2) is 11.5 Å². The first-order chi connectivity index (χ1) is 13.6. The standard InChI is InChI=1S/C19H20N4O4S/c1-13-4-2-5-16(21-13)19-15(11-23(22-19)9-3-8-20-28(24)25)14-6-7-17-18(10-14)27-12-26-17/h2,4-7,10-11,20H,3,8-9,12H2,1H3,(H,24,25)/p-1. The van der Waals surface area contributed by atoms with Crippen LogP contribution in [0, 0.1) is 6.92 Å². The maximum atomic E-state index is 10.6. The Kier molecular flexibility index (Phi) is 5.38. The summed E-state index contributed by atoms with van der Waals surface area (Å²) in [5, 5.41) is 4.71. The van der Waals surface area contributed by atoms with Crippen molar-refractivity contribution in [3.05, 3.63) is 48.3 Å². The molecule has 2 aromatic heterocycles. The highest BCUT2D eigenvalue weighted by Crippen LogP contribution is 2.38. The summed E-state index contributed by atoms with van der Waals surface area (Å²) in [6, 6.07) is 11.6. The summed E-state index contributed by atoms with van der Waals surface area (Å²) in [7, 11) is 0. The number of nitrogens with one attached hydrogen (secondary N) is 1. The molecule has 146 valence electrons. The Morgan fingerprint density at radius 1 is 1.25 bits per heavy atom. The van der Waals surface area contributed by atoms with Crippen molar-refractivity contribution in [1.82, 2.24) is 19.5 Å². The zero-order valence-electron chi connectivity index (χ0n) is 15.3. The number of fused-ring (bicyclic) bond motifs is 1. The third kappa shape index (κ3) is 4.06. The summed E-state index contributed by atoms with van der Waals surface area (Å²) < 4.78 is 36.3. The van der Waals surface area contributed by atoms with Gasteiger partial charge in [0, 0.05) is 41.8 Å². The lowest BCUT2D eigenvalue weighted by Crippen LogP contribution is -2.19. The zero-order valence-corrected chi connectivity index (χ0v) is 16.1. The topological polar surface area (TPSA) is 101 Å². The van der Waals surface area contributed by atoms with Crippen molar-refractivity contribution in [2.45, 2.75) is 19.9 Å². The number of aryl methyl sites for hydroxylation is 2. The van der Waals surface area contributed by atoms with Gasteiger partial charge in [-0.15, -0.1) is 0 Å². The summed E-state index contributed by atoms with van der Waals surface area (Å²) in [5.74, 6) is 1.43. The van der Waals surface area contributed by atoms with Crippen molar-refractivity contribution in [3.8, 4) is 34.0 Å². The van der Waals surface area contributed by atoms with Crippen molar-refractivity contribution >= 4 is 11.3 Å². The van der Waals surface area contributed by atoms with Gasteiger partial charge in [-0.25, -0.2) is 4.72 Å². The van der Waals surface area contributed by atoms with Crippen LogP contribution in [0.15, 0.2) is 42.6 Å². The molecule has 0 radical (unpaired) electrons. The molecule has 3 heterocycles. The average Bonchev–Trinajstić information content (AvgIpc) is 3.31. The first kappa shape index (κ1) is 18.6. The summed E-state index contributed by atoms with van der Waals surface area (Å²) in [5.41, 5.74) is 4.34. The minimum atomic E-state index is -2.25. The van der Waals surface area contributed by atoms with Gasteiger partial charge in [0.2, 0.25) is 6.79 Å². The van der Waals surface area contributed by atoms with Crippen LogP contribution in [-0.2, 0) is 17.8 Å². The molecule has 1 atom stereocenters. The van der Waals surface area contributed by atoms with Crippen LogP contribution in [0.25, 0.3) is 22.5 Å². The Morgan fingerprint density at radius 2 is 2.11 bits per heavy atom. The van der Waals surface area contributed by atoms with E-state index in [0.29, 0.717) is 25.3 Å². The van der Waals surface area contributed by atoms with Crippen molar-refractivity contribution in [2.75, 3.05) is 13.3 Å². The highest BCUT2D eigenvalue weighted by Gasteiger charge is 2.19. The van der Waals surface area contributed by atoms with E-state index in [4.69, 9.17) is 14.6 Å². The van der Waals surface area contributed by atoms with E-state index >= 15 is 0 Å². The monoisotopic (exact) mass is 399 g/mol. The third-order valence-electron chi connectivity index (χ3n) is 4.36. The SMILES string of the molecule is Cc1cccc(-c2nn(CCCNS(=O)[O-])cc2-c2ccc3c(c2)OCO3)n1. The Balaban J connectivity index is 1.68. The molecule has 1 aliphatic heterocycles. The summed E-state index contributed by atoms with van der Waals surface area (Å²) in [6.07, 6.45) is 2.57. The molecule has 1 unspecified atom stereocenters. The van der Waals surface area contributed by atoms with Crippen LogP contribution < -0.4 is 14.2 Å². The smallest absolute Gasteiger partial charge is 0.231 e. The molecule has 0 spiro atoms. The molecular formula is C19H19N4O4S-. The van der Waals surface area contributed by atoms with Gasteiger partial charge in [-0.3, -0.25) is 13.9 Å². The fourth-order valence-electron chi connectivity index (χ4n) is 3.07. The lowest BCUT2D eigenvalue weighted by atomic mass is 10.0. The van der Waals surface area contributed by atoms with Crippen molar-refractivity contribution in [2.24, 2.45) is 0 Å². The van der Waals surface area contributed by atoms with Crippen molar-refractivity contribution in [3.63, 3.8) is 0 Å². The van der Waals surface area contributed by atoms with Gasteiger partial charge < -0.3 is 14.0 Å². The van der Waals surface area contributed by atoms with Gasteiger partial charge >= 0.3 is 0 Å². The molecular weight excluding hydrogens is 380 g/mol. The lowest BCUT2D eigenvalue weighted by Gasteiger charge is -2.06. The molecule has 4 rings (SSSR count). The van der Waals surface area contributed by atoms with E-state index in [2.05, 4.69) is 9.71 Å². The highest BCUT2D eigenvalue weighted by molar-refractivity contribution is 7.77. The second-order valence-corrected chi connectivity index (χ2v) is 7.13. The highest BCUT2D eigenvalue weighted by atomic mass is 32.2. The summed E-state index contributed by atoms with van der Waals surface area (Å²) in [4.78, 5) is 4.61. The molecule has 0 saturated heterocycles. The van der Waals surface area contributed by atoms with Crippen molar-refractivity contribution in [1.29, 1.82) is 0 Å². The van der Waals surface area contributed by atoms with E-state index in [1.807, 2.05) is 54.2 Å². The quantitative estimate of drug-likeness (QED) is 0.484. The second-order valence-electron chi connectivity index (χ2n) is 6.37. The van der Waals surface area contributed by atoms with Crippen LogP contribution in [0.2, 0.25) is 0 Å². The Bertz CT molecular complexity index is 1020. The van der Waals surface area contributed by atoms with E-state index < -0.39 is 11.3 Å². The number of benzene rings is 1. The molecule has 0 amide bonds. The van der Waals surface area contributed by atoms with Gasteiger partial charge in [-0.05, 0) is 43.2 Å². The predicted molar refractivity (Wildman–Crippen MR) is 103 cm³/mol. The van der Waals surface area contributed by atoms with Crippen LogP contribution in [0.3, 0.4) is 0 Å². The summed E-state index contributed by atoms with van der Waals surface area (Å²) in [6.45, 7) is 3.09. The Morgan fingerprint density at radius 3 is 2.93 bits per heavy atom. The largest absolute Gasteiger partial charge is 0.760 e. The van der Waals surface area contributed by atoms with E-state index in [-0.39, 0.29) is 6.79 Å². The minimum Gasteiger partial charge on any atom is -0.760 e. The fraction of sp³-hybridized carbons (Fsp3) is 0.263. The van der Waals surface area contributed by atoms with E-state index in [1.165, 1.54) is 0 Å². The molecule has 0 bridgehead atoms. The molecule has 28 heavy (non-hydrogen) atoms. The summed E-state index contributed by atoms with van der Waals surface area (Å²) >= 11 is -2.25. The van der Waals surface area contributed by atoms with Crippen LogP contribution in [-0.4, -0.2) is 36.9 Å². The third-order valence-corrected chi connectivity index (χ3v) is 4.80. The first-order valence-corrected chi connectivity index (χ1v) is 9.92. The van der Waals surface area contributed by atoms with Gasteiger partial charge in [0.25, 0.3) is 0 Å². The number of hydrogen-bond acceptors (Lipinski definition) is 6. The van der Waals surface area contributed by atoms with Crippen LogP contribution >= 0.6 is 0 Å². The molecule has 8 nitrogen and oxygen atoms in total. The predicted octanol–water partition coefficient (Wildman–Crippen LogP) is 2.42. The zero-order chi connectivity index (χ0) is 19.5. The number of hydrogen-bond donors (Lipinski definition) is 1. The lowest BCUT2D eigenvalue weighted by molar-refractivity contribution is 0.174. The Labute approximate surface area is 164 Å². The van der Waals surface area contributed by atoms with Crippen molar-refractivity contribution < 1.29 is 18.2 Å². The number of aromatic nitrogens is 3.